The highest BCUT2D eigenvalue weighted by Crippen LogP contribution is 2.37. The number of pyridine rings is 1. The summed E-state index contributed by atoms with van der Waals surface area (Å²) >= 11 is 0. The molecule has 3 rings (SSSR count). The summed E-state index contributed by atoms with van der Waals surface area (Å²) in [4.78, 5) is 4.34. The Kier molecular flexibility index (Phi) is 4.74. The van der Waals surface area contributed by atoms with Crippen molar-refractivity contribution in [2.24, 2.45) is 5.73 Å². The van der Waals surface area contributed by atoms with Crippen LogP contribution in [0.15, 0.2) is 30.5 Å². The topological polar surface area (TPSA) is 48.1 Å². The van der Waals surface area contributed by atoms with E-state index >= 15 is 0 Å². The predicted octanol–water partition coefficient (Wildman–Crippen LogP) is 3.27. The first-order valence-electron chi connectivity index (χ1n) is 7.02. The van der Waals surface area contributed by atoms with Gasteiger partial charge < -0.3 is 10.5 Å². The summed E-state index contributed by atoms with van der Waals surface area (Å²) in [5.74, 6) is 1.07. The summed E-state index contributed by atoms with van der Waals surface area (Å²) in [5.41, 5.74) is 10.5. The normalized spacial score (nSPS) is 12.8. The number of fused-ring (bicyclic) bond motifs is 1. The van der Waals surface area contributed by atoms with Crippen molar-refractivity contribution in [2.45, 2.75) is 26.7 Å². The van der Waals surface area contributed by atoms with E-state index in [4.69, 9.17) is 4.74 Å². The van der Waals surface area contributed by atoms with Crippen LogP contribution in [0.2, 0.25) is 0 Å². The van der Waals surface area contributed by atoms with Crippen molar-refractivity contribution in [3.63, 3.8) is 0 Å². The van der Waals surface area contributed by atoms with Crippen molar-refractivity contribution in [3.8, 4) is 16.9 Å². The lowest BCUT2D eigenvalue weighted by molar-refractivity contribution is 0.289. The second kappa shape index (κ2) is 6.53. The number of ether oxygens (including phenoxy) is 1. The van der Waals surface area contributed by atoms with Crippen LogP contribution in [0.25, 0.3) is 11.1 Å². The van der Waals surface area contributed by atoms with E-state index in [0.29, 0.717) is 0 Å². The Labute approximate surface area is 120 Å². The van der Waals surface area contributed by atoms with E-state index in [9.17, 15) is 0 Å². The van der Waals surface area contributed by atoms with Gasteiger partial charge in [0.2, 0.25) is 0 Å². The average Bonchev–Trinajstić information content (AvgIpc) is 2.51. The molecule has 2 heterocycles. The minimum atomic E-state index is 0.827. The van der Waals surface area contributed by atoms with E-state index in [1.165, 1.54) is 29.3 Å². The lowest BCUT2D eigenvalue weighted by atomic mass is 9.95. The number of rotatable bonds is 1. The van der Waals surface area contributed by atoms with Gasteiger partial charge in [-0.05, 0) is 56.5 Å². The molecule has 0 unspecified atom stereocenters. The van der Waals surface area contributed by atoms with Gasteiger partial charge in [0.25, 0.3) is 0 Å². The number of hydrogen-bond donors (Lipinski definition) is 1. The van der Waals surface area contributed by atoms with Gasteiger partial charge >= 0.3 is 0 Å². The minimum Gasteiger partial charge on any atom is -0.493 e. The van der Waals surface area contributed by atoms with Gasteiger partial charge in [0, 0.05) is 17.5 Å². The van der Waals surface area contributed by atoms with Crippen LogP contribution in [-0.2, 0) is 6.42 Å². The van der Waals surface area contributed by atoms with Gasteiger partial charge in [0.05, 0.1) is 6.61 Å². The van der Waals surface area contributed by atoms with E-state index in [1.807, 2.05) is 13.1 Å². The maximum atomic E-state index is 5.88. The first kappa shape index (κ1) is 14.5. The second-order valence-corrected chi connectivity index (χ2v) is 4.89. The van der Waals surface area contributed by atoms with E-state index in [0.717, 1.165) is 30.9 Å². The molecule has 0 saturated carbocycles. The van der Waals surface area contributed by atoms with E-state index in [-0.39, 0.29) is 0 Å². The smallest absolute Gasteiger partial charge is 0.130 e. The zero-order valence-electron chi connectivity index (χ0n) is 12.4. The Morgan fingerprint density at radius 1 is 1.15 bits per heavy atom. The highest BCUT2D eigenvalue weighted by molar-refractivity contribution is 5.75. The standard InChI is InChI=1S/C16H17NO.CH5N/c1-11-10-17-12(2)9-15(11)14-7-3-5-13-6-4-8-18-16(13)14;1-2/h3,5,7,9-10H,4,6,8H2,1-2H3;2H2,1H3. The molecular weight excluding hydrogens is 248 g/mol. The molecule has 1 aromatic carbocycles. The SMILES string of the molecule is CN.Cc1cc(-c2cccc3c2OCCC3)c(C)cn1. The molecule has 3 nitrogen and oxygen atoms in total. The van der Waals surface area contributed by atoms with Gasteiger partial charge in [-0.25, -0.2) is 0 Å². The number of nitrogens with zero attached hydrogens (tertiary/aromatic N) is 1. The molecule has 0 aliphatic carbocycles. The van der Waals surface area contributed by atoms with Crippen molar-refractivity contribution in [2.75, 3.05) is 13.7 Å². The van der Waals surface area contributed by atoms with Gasteiger partial charge in [0.15, 0.2) is 0 Å². The molecule has 0 saturated heterocycles. The molecule has 0 radical (unpaired) electrons. The van der Waals surface area contributed by atoms with Crippen LogP contribution in [-0.4, -0.2) is 18.6 Å². The fraction of sp³-hybridized carbons (Fsp3) is 0.353. The predicted molar refractivity (Wildman–Crippen MR) is 83.1 cm³/mol. The lowest BCUT2D eigenvalue weighted by Gasteiger charge is -2.21. The number of benzene rings is 1. The second-order valence-electron chi connectivity index (χ2n) is 4.89. The minimum absolute atomic E-state index is 0.827. The summed E-state index contributed by atoms with van der Waals surface area (Å²) in [6.07, 6.45) is 4.17. The Balaban J connectivity index is 0.000000704. The molecule has 0 atom stereocenters. The number of aromatic nitrogens is 1. The van der Waals surface area contributed by atoms with Crippen LogP contribution in [0.3, 0.4) is 0 Å². The largest absolute Gasteiger partial charge is 0.493 e. The zero-order valence-corrected chi connectivity index (χ0v) is 12.4. The summed E-state index contributed by atoms with van der Waals surface area (Å²) in [7, 11) is 1.50. The van der Waals surface area contributed by atoms with Crippen molar-refractivity contribution in [1.82, 2.24) is 4.98 Å². The molecule has 2 aromatic rings. The first-order valence-corrected chi connectivity index (χ1v) is 7.02. The average molecular weight is 270 g/mol. The lowest BCUT2D eigenvalue weighted by Crippen LogP contribution is -2.09. The third-order valence-electron chi connectivity index (χ3n) is 3.46. The highest BCUT2D eigenvalue weighted by atomic mass is 16.5. The molecule has 2 N–H and O–H groups in total. The summed E-state index contributed by atoms with van der Waals surface area (Å²) in [6.45, 7) is 4.95. The van der Waals surface area contributed by atoms with E-state index in [2.05, 4.69) is 41.9 Å². The van der Waals surface area contributed by atoms with Crippen molar-refractivity contribution >= 4 is 0 Å². The van der Waals surface area contributed by atoms with E-state index in [1.54, 1.807) is 0 Å². The summed E-state index contributed by atoms with van der Waals surface area (Å²) in [6, 6.07) is 8.58. The summed E-state index contributed by atoms with van der Waals surface area (Å²) < 4.78 is 5.88. The Bertz CT molecular complexity index is 594. The quantitative estimate of drug-likeness (QED) is 0.865. The monoisotopic (exact) mass is 270 g/mol. The van der Waals surface area contributed by atoms with Gasteiger partial charge in [-0.15, -0.1) is 0 Å². The third-order valence-corrected chi connectivity index (χ3v) is 3.46. The number of para-hydroxylation sites is 1. The molecule has 20 heavy (non-hydrogen) atoms. The third kappa shape index (κ3) is 2.83. The molecule has 0 spiro atoms. The molecule has 0 bridgehead atoms. The van der Waals surface area contributed by atoms with Crippen LogP contribution in [0, 0.1) is 13.8 Å². The molecular formula is C17H22N2O. The fourth-order valence-electron chi connectivity index (χ4n) is 2.52. The van der Waals surface area contributed by atoms with Crippen molar-refractivity contribution in [3.05, 3.63) is 47.3 Å². The number of hydrogen-bond acceptors (Lipinski definition) is 3. The highest BCUT2D eigenvalue weighted by Gasteiger charge is 2.16. The maximum absolute atomic E-state index is 5.88. The molecule has 0 amide bonds. The van der Waals surface area contributed by atoms with Gasteiger partial charge in [0.1, 0.15) is 5.75 Å². The Morgan fingerprint density at radius 2 is 1.95 bits per heavy atom. The zero-order chi connectivity index (χ0) is 14.5. The van der Waals surface area contributed by atoms with Crippen LogP contribution >= 0.6 is 0 Å². The van der Waals surface area contributed by atoms with Crippen LogP contribution in [0.5, 0.6) is 5.75 Å². The van der Waals surface area contributed by atoms with Crippen LogP contribution in [0.1, 0.15) is 23.2 Å². The molecule has 1 aliphatic rings. The Hall–Kier alpha value is -1.87. The molecule has 3 heteroatoms. The van der Waals surface area contributed by atoms with Crippen molar-refractivity contribution < 1.29 is 4.74 Å². The Morgan fingerprint density at radius 3 is 2.75 bits per heavy atom. The first-order chi connectivity index (χ1) is 9.75. The summed E-state index contributed by atoms with van der Waals surface area (Å²) in [5, 5.41) is 0. The fourth-order valence-corrected chi connectivity index (χ4v) is 2.52. The number of aryl methyl sites for hydroxylation is 3. The molecule has 1 aromatic heterocycles. The molecule has 1 aliphatic heterocycles. The molecule has 0 fully saturated rings. The van der Waals surface area contributed by atoms with E-state index < -0.39 is 0 Å². The number of nitrogens with two attached hydrogens (primary N) is 1. The van der Waals surface area contributed by atoms with Crippen LogP contribution < -0.4 is 10.5 Å². The maximum Gasteiger partial charge on any atom is 0.130 e. The van der Waals surface area contributed by atoms with Crippen molar-refractivity contribution in [1.29, 1.82) is 0 Å². The van der Waals surface area contributed by atoms with Gasteiger partial charge in [-0.3, -0.25) is 4.98 Å². The van der Waals surface area contributed by atoms with Crippen LogP contribution in [0.4, 0.5) is 0 Å². The molecule has 106 valence electrons. The van der Waals surface area contributed by atoms with Gasteiger partial charge in [-0.2, -0.15) is 0 Å². The van der Waals surface area contributed by atoms with Gasteiger partial charge in [-0.1, -0.05) is 18.2 Å².